The molecule has 0 spiro atoms. The first-order valence-electron chi connectivity index (χ1n) is 8.11. The van der Waals surface area contributed by atoms with Gasteiger partial charge in [-0.3, -0.25) is 0 Å². The van der Waals surface area contributed by atoms with Gasteiger partial charge in [0.25, 0.3) is 0 Å². The third-order valence-corrected chi connectivity index (χ3v) is 3.11. The highest BCUT2D eigenvalue weighted by Gasteiger charge is 2.14. The van der Waals surface area contributed by atoms with Crippen molar-refractivity contribution in [2.45, 2.75) is 52.9 Å². The van der Waals surface area contributed by atoms with E-state index in [0.717, 1.165) is 57.2 Å². The summed E-state index contributed by atoms with van der Waals surface area (Å²) in [6, 6.07) is 0. The highest BCUT2D eigenvalue weighted by atomic mass is 16.5. The third kappa shape index (κ3) is 6.29. The summed E-state index contributed by atoms with van der Waals surface area (Å²) in [5, 5.41) is 6.80. The van der Waals surface area contributed by atoms with E-state index in [-0.39, 0.29) is 0 Å². The standard InChI is InChI=1S/C16H30N4O/c1-5-8-17-15-14(13(3)4)16(20-12-19-15)18-9-7-11-21-10-6-2/h12-13H,5-11H2,1-4H3,(H2,17,18,19,20). The Morgan fingerprint density at radius 1 is 1.00 bits per heavy atom. The van der Waals surface area contributed by atoms with E-state index < -0.39 is 0 Å². The van der Waals surface area contributed by atoms with Gasteiger partial charge in [-0.1, -0.05) is 27.7 Å². The summed E-state index contributed by atoms with van der Waals surface area (Å²) in [7, 11) is 0. The van der Waals surface area contributed by atoms with Crippen molar-refractivity contribution in [1.29, 1.82) is 0 Å². The van der Waals surface area contributed by atoms with Crippen LogP contribution in [0.25, 0.3) is 0 Å². The van der Waals surface area contributed by atoms with Gasteiger partial charge >= 0.3 is 0 Å². The molecule has 0 bridgehead atoms. The molecule has 1 aromatic rings. The number of hydrogen-bond donors (Lipinski definition) is 2. The van der Waals surface area contributed by atoms with E-state index >= 15 is 0 Å². The van der Waals surface area contributed by atoms with Crippen LogP contribution in [0.1, 0.15) is 58.4 Å². The molecule has 5 heteroatoms. The molecular weight excluding hydrogens is 264 g/mol. The van der Waals surface area contributed by atoms with Gasteiger partial charge in [0.05, 0.1) is 0 Å². The summed E-state index contributed by atoms with van der Waals surface area (Å²) in [5.41, 5.74) is 1.17. The molecule has 0 aliphatic carbocycles. The summed E-state index contributed by atoms with van der Waals surface area (Å²) < 4.78 is 5.49. The van der Waals surface area contributed by atoms with Gasteiger partial charge in [0.1, 0.15) is 18.0 Å². The Labute approximate surface area is 128 Å². The highest BCUT2D eigenvalue weighted by molar-refractivity contribution is 5.58. The van der Waals surface area contributed by atoms with Gasteiger partial charge in [-0.2, -0.15) is 0 Å². The molecule has 0 aromatic carbocycles. The predicted molar refractivity (Wildman–Crippen MR) is 89.1 cm³/mol. The molecule has 0 unspecified atom stereocenters. The molecular formula is C16H30N4O. The predicted octanol–water partition coefficient (Wildman–Crippen LogP) is 3.65. The second-order valence-corrected chi connectivity index (χ2v) is 5.46. The Kier molecular flexibility index (Phi) is 8.74. The zero-order chi connectivity index (χ0) is 15.5. The maximum Gasteiger partial charge on any atom is 0.134 e. The lowest BCUT2D eigenvalue weighted by Crippen LogP contribution is -2.13. The molecule has 0 saturated heterocycles. The SMILES string of the molecule is CCCNc1ncnc(NCCCOCCC)c1C(C)C. The van der Waals surface area contributed by atoms with Crippen LogP contribution in [-0.2, 0) is 4.74 Å². The van der Waals surface area contributed by atoms with Gasteiger partial charge in [0.2, 0.25) is 0 Å². The zero-order valence-electron chi connectivity index (χ0n) is 13.9. The number of aromatic nitrogens is 2. The lowest BCUT2D eigenvalue weighted by atomic mass is 10.0. The lowest BCUT2D eigenvalue weighted by Gasteiger charge is -2.17. The second kappa shape index (κ2) is 10.4. The molecule has 2 N–H and O–H groups in total. The van der Waals surface area contributed by atoms with Crippen LogP contribution in [0.5, 0.6) is 0 Å². The van der Waals surface area contributed by atoms with Gasteiger partial charge < -0.3 is 15.4 Å². The largest absolute Gasteiger partial charge is 0.381 e. The van der Waals surface area contributed by atoms with Crippen molar-refractivity contribution in [3.05, 3.63) is 11.9 Å². The number of ether oxygens (including phenoxy) is 1. The summed E-state index contributed by atoms with van der Waals surface area (Å²) in [5.74, 6) is 2.27. The quantitative estimate of drug-likeness (QED) is 0.610. The van der Waals surface area contributed by atoms with Crippen LogP contribution in [0.4, 0.5) is 11.6 Å². The molecule has 21 heavy (non-hydrogen) atoms. The first kappa shape index (κ1) is 17.7. The van der Waals surface area contributed by atoms with Crippen LogP contribution in [-0.4, -0.2) is 36.3 Å². The Bertz CT molecular complexity index is 396. The van der Waals surface area contributed by atoms with Crippen LogP contribution in [0.2, 0.25) is 0 Å². The van der Waals surface area contributed by atoms with Crippen LogP contribution >= 0.6 is 0 Å². The Morgan fingerprint density at radius 2 is 1.67 bits per heavy atom. The van der Waals surface area contributed by atoms with Crippen LogP contribution in [0.3, 0.4) is 0 Å². The van der Waals surface area contributed by atoms with Gasteiger partial charge in [0.15, 0.2) is 0 Å². The Balaban J connectivity index is 2.59. The minimum absolute atomic E-state index is 0.379. The molecule has 1 aromatic heterocycles. The first-order valence-corrected chi connectivity index (χ1v) is 8.11. The van der Waals surface area contributed by atoms with Crippen LogP contribution in [0.15, 0.2) is 6.33 Å². The minimum Gasteiger partial charge on any atom is -0.381 e. The lowest BCUT2D eigenvalue weighted by molar-refractivity contribution is 0.134. The molecule has 0 saturated carbocycles. The maximum atomic E-state index is 5.49. The minimum atomic E-state index is 0.379. The average Bonchev–Trinajstić information content (AvgIpc) is 2.48. The normalized spacial score (nSPS) is 10.9. The topological polar surface area (TPSA) is 59.1 Å². The van der Waals surface area contributed by atoms with Crippen molar-refractivity contribution in [3.63, 3.8) is 0 Å². The van der Waals surface area contributed by atoms with Gasteiger partial charge in [-0.25, -0.2) is 9.97 Å². The zero-order valence-corrected chi connectivity index (χ0v) is 13.9. The molecule has 1 heterocycles. The monoisotopic (exact) mass is 294 g/mol. The second-order valence-electron chi connectivity index (χ2n) is 5.46. The van der Waals surface area contributed by atoms with Crippen molar-refractivity contribution < 1.29 is 4.74 Å². The van der Waals surface area contributed by atoms with E-state index in [9.17, 15) is 0 Å². The van der Waals surface area contributed by atoms with Crippen molar-refractivity contribution in [2.24, 2.45) is 0 Å². The molecule has 0 fully saturated rings. The number of anilines is 2. The summed E-state index contributed by atoms with van der Waals surface area (Å²) in [6.07, 6.45) is 4.77. The van der Waals surface area contributed by atoms with Crippen LogP contribution < -0.4 is 10.6 Å². The van der Waals surface area contributed by atoms with Gasteiger partial charge in [-0.05, 0) is 25.2 Å². The summed E-state index contributed by atoms with van der Waals surface area (Å²) >= 11 is 0. The van der Waals surface area contributed by atoms with Crippen molar-refractivity contribution in [1.82, 2.24) is 9.97 Å². The molecule has 120 valence electrons. The molecule has 0 aliphatic heterocycles. The fourth-order valence-corrected chi connectivity index (χ4v) is 2.10. The van der Waals surface area contributed by atoms with E-state index in [1.807, 2.05) is 0 Å². The number of nitrogens with one attached hydrogen (secondary N) is 2. The first-order chi connectivity index (χ1) is 10.2. The Hall–Kier alpha value is -1.36. The van der Waals surface area contributed by atoms with E-state index in [4.69, 9.17) is 4.74 Å². The molecule has 0 aliphatic rings. The third-order valence-electron chi connectivity index (χ3n) is 3.11. The molecule has 0 radical (unpaired) electrons. The smallest absolute Gasteiger partial charge is 0.134 e. The van der Waals surface area contributed by atoms with E-state index in [2.05, 4.69) is 48.3 Å². The fraction of sp³-hybridized carbons (Fsp3) is 0.750. The summed E-state index contributed by atoms with van der Waals surface area (Å²) in [6.45, 7) is 12.1. The molecule has 0 amide bonds. The number of rotatable bonds is 11. The van der Waals surface area contributed by atoms with Crippen LogP contribution in [0, 0.1) is 0 Å². The number of nitrogens with zero attached hydrogens (tertiary/aromatic N) is 2. The van der Waals surface area contributed by atoms with E-state index in [0.29, 0.717) is 5.92 Å². The fourth-order valence-electron chi connectivity index (χ4n) is 2.10. The Morgan fingerprint density at radius 3 is 2.24 bits per heavy atom. The molecule has 5 nitrogen and oxygen atoms in total. The summed E-state index contributed by atoms with van der Waals surface area (Å²) in [4.78, 5) is 8.78. The van der Waals surface area contributed by atoms with E-state index in [1.165, 1.54) is 5.56 Å². The van der Waals surface area contributed by atoms with Gasteiger partial charge in [0, 0.05) is 31.9 Å². The maximum absolute atomic E-state index is 5.49. The van der Waals surface area contributed by atoms with Gasteiger partial charge in [-0.15, -0.1) is 0 Å². The van der Waals surface area contributed by atoms with Crippen molar-refractivity contribution >= 4 is 11.6 Å². The van der Waals surface area contributed by atoms with Crippen molar-refractivity contribution in [3.8, 4) is 0 Å². The molecule has 0 atom stereocenters. The highest BCUT2D eigenvalue weighted by Crippen LogP contribution is 2.28. The van der Waals surface area contributed by atoms with E-state index in [1.54, 1.807) is 6.33 Å². The molecule has 1 rings (SSSR count). The number of hydrogen-bond acceptors (Lipinski definition) is 5. The average molecular weight is 294 g/mol. The van der Waals surface area contributed by atoms with Crippen molar-refractivity contribution in [2.75, 3.05) is 36.9 Å².